The highest BCUT2D eigenvalue weighted by atomic mass is 16.6. The number of hydrogen-bond acceptors (Lipinski definition) is 5. The van der Waals surface area contributed by atoms with Crippen molar-refractivity contribution >= 4 is 5.97 Å². The molecule has 1 fully saturated rings. The Bertz CT molecular complexity index is 276. The Balaban J connectivity index is 2.51. The predicted octanol–water partition coefficient (Wildman–Crippen LogP) is -0.0135. The third-order valence-corrected chi connectivity index (χ3v) is 2.09. The maximum atomic E-state index is 10.9. The number of methoxy groups -OCH3 is 1. The molecule has 0 spiro atoms. The van der Waals surface area contributed by atoms with Crippen LogP contribution in [-0.2, 0) is 14.3 Å². The summed E-state index contributed by atoms with van der Waals surface area (Å²) >= 11 is 0. The van der Waals surface area contributed by atoms with Gasteiger partial charge in [0.05, 0.1) is 19.3 Å². The lowest BCUT2D eigenvalue weighted by Crippen LogP contribution is -2.61. The topological polar surface area (TPSA) is 105 Å². The number of esters is 1. The molecule has 0 bridgehead atoms. The highest BCUT2D eigenvalue weighted by molar-refractivity contribution is 5.76. The van der Waals surface area contributed by atoms with Crippen LogP contribution in [0.5, 0.6) is 0 Å². The smallest absolute Gasteiger partial charge is 0.337 e. The molecular formula is C7H11N3O4. The van der Waals surface area contributed by atoms with Crippen LogP contribution in [0.25, 0.3) is 10.4 Å². The second-order valence-corrected chi connectivity index (χ2v) is 2.98. The van der Waals surface area contributed by atoms with E-state index in [1.54, 1.807) is 6.92 Å². The van der Waals surface area contributed by atoms with Crippen molar-refractivity contribution in [2.45, 2.75) is 31.3 Å². The molecule has 1 aliphatic rings. The Labute approximate surface area is 80.2 Å². The van der Waals surface area contributed by atoms with Crippen LogP contribution in [0.15, 0.2) is 5.11 Å². The minimum atomic E-state index is -0.969. The number of rotatable bonds is 3. The maximum absolute atomic E-state index is 10.9. The van der Waals surface area contributed by atoms with Crippen molar-refractivity contribution in [3.05, 3.63) is 10.4 Å². The lowest BCUT2D eigenvalue weighted by Gasteiger charge is -2.41. The lowest BCUT2D eigenvalue weighted by atomic mass is 9.96. The van der Waals surface area contributed by atoms with Gasteiger partial charge in [0.1, 0.15) is 6.10 Å². The van der Waals surface area contributed by atoms with Crippen molar-refractivity contribution in [3.63, 3.8) is 0 Å². The average Bonchev–Trinajstić information content (AvgIpc) is 2.15. The number of carbonyl (C=O) groups excluding carboxylic acids is 1. The van der Waals surface area contributed by atoms with Gasteiger partial charge in [-0.25, -0.2) is 4.79 Å². The van der Waals surface area contributed by atoms with Gasteiger partial charge >= 0.3 is 5.97 Å². The minimum absolute atomic E-state index is 0.504. The van der Waals surface area contributed by atoms with Crippen LogP contribution < -0.4 is 0 Å². The van der Waals surface area contributed by atoms with Crippen molar-refractivity contribution in [2.24, 2.45) is 5.11 Å². The fraction of sp³-hybridized carbons (Fsp3) is 0.857. The van der Waals surface area contributed by atoms with Crippen molar-refractivity contribution in [1.82, 2.24) is 0 Å². The van der Waals surface area contributed by atoms with Gasteiger partial charge in [-0.15, -0.1) is 0 Å². The SMILES string of the molecule is COC(=O)[C@@H]1O[C@@H]([C@H](C)N=[N+]=[N-])[C@@H]1O. The first kappa shape index (κ1) is 10.8. The van der Waals surface area contributed by atoms with Crippen LogP contribution in [0.4, 0.5) is 0 Å². The number of aliphatic hydroxyl groups excluding tert-OH is 1. The van der Waals surface area contributed by atoms with Crippen LogP contribution >= 0.6 is 0 Å². The van der Waals surface area contributed by atoms with Gasteiger partial charge in [-0.2, -0.15) is 0 Å². The maximum Gasteiger partial charge on any atom is 0.337 e. The predicted molar refractivity (Wildman–Crippen MR) is 45.3 cm³/mol. The summed E-state index contributed by atoms with van der Waals surface area (Å²) in [5.74, 6) is -0.623. The molecule has 1 heterocycles. The second-order valence-electron chi connectivity index (χ2n) is 2.98. The molecule has 14 heavy (non-hydrogen) atoms. The Hall–Kier alpha value is -1.30. The van der Waals surface area contributed by atoms with E-state index in [-0.39, 0.29) is 0 Å². The highest BCUT2D eigenvalue weighted by Crippen LogP contribution is 2.26. The number of nitrogens with zero attached hydrogens (tertiary/aromatic N) is 3. The van der Waals surface area contributed by atoms with Crippen LogP contribution in [0.3, 0.4) is 0 Å². The molecule has 1 N–H and O–H groups in total. The molecule has 0 aromatic rings. The Morgan fingerprint density at radius 1 is 1.79 bits per heavy atom. The van der Waals surface area contributed by atoms with Crippen LogP contribution in [0, 0.1) is 0 Å². The highest BCUT2D eigenvalue weighted by Gasteiger charge is 2.48. The van der Waals surface area contributed by atoms with Crippen molar-refractivity contribution in [2.75, 3.05) is 7.11 Å². The van der Waals surface area contributed by atoms with E-state index in [1.165, 1.54) is 7.11 Å². The zero-order valence-corrected chi connectivity index (χ0v) is 7.82. The van der Waals surface area contributed by atoms with E-state index in [1.807, 2.05) is 0 Å². The van der Waals surface area contributed by atoms with Gasteiger partial charge in [0.15, 0.2) is 6.10 Å². The van der Waals surface area contributed by atoms with E-state index in [0.717, 1.165) is 0 Å². The fourth-order valence-corrected chi connectivity index (χ4v) is 1.27. The Morgan fingerprint density at radius 3 is 2.86 bits per heavy atom. The monoisotopic (exact) mass is 201 g/mol. The molecular weight excluding hydrogens is 190 g/mol. The average molecular weight is 201 g/mol. The van der Waals surface area contributed by atoms with Crippen LogP contribution in [0.2, 0.25) is 0 Å². The summed E-state index contributed by atoms with van der Waals surface area (Å²) in [4.78, 5) is 13.5. The third kappa shape index (κ3) is 1.79. The van der Waals surface area contributed by atoms with E-state index < -0.39 is 30.3 Å². The van der Waals surface area contributed by atoms with Gasteiger partial charge in [-0.05, 0) is 5.53 Å². The van der Waals surface area contributed by atoms with Gasteiger partial charge in [0, 0.05) is 4.91 Å². The molecule has 1 aliphatic heterocycles. The molecule has 0 amide bonds. The molecule has 0 unspecified atom stereocenters. The number of carbonyl (C=O) groups is 1. The fourth-order valence-electron chi connectivity index (χ4n) is 1.27. The lowest BCUT2D eigenvalue weighted by molar-refractivity contribution is -0.235. The van der Waals surface area contributed by atoms with Crippen LogP contribution in [-0.4, -0.2) is 42.5 Å². The van der Waals surface area contributed by atoms with E-state index in [0.29, 0.717) is 0 Å². The Kier molecular flexibility index (Phi) is 3.29. The molecule has 4 atom stereocenters. The summed E-state index contributed by atoms with van der Waals surface area (Å²) in [6.07, 6.45) is -2.56. The molecule has 0 aromatic heterocycles. The molecule has 7 nitrogen and oxygen atoms in total. The normalized spacial score (nSPS) is 32.4. The van der Waals surface area contributed by atoms with Gasteiger partial charge < -0.3 is 14.6 Å². The van der Waals surface area contributed by atoms with E-state index >= 15 is 0 Å². The molecule has 0 radical (unpaired) electrons. The first-order valence-corrected chi connectivity index (χ1v) is 4.07. The van der Waals surface area contributed by atoms with Gasteiger partial charge in [0.25, 0.3) is 0 Å². The number of aliphatic hydroxyl groups is 1. The number of hydrogen-bond donors (Lipinski definition) is 1. The molecule has 0 saturated carbocycles. The largest absolute Gasteiger partial charge is 0.467 e. The first-order valence-electron chi connectivity index (χ1n) is 4.07. The molecule has 1 saturated heterocycles. The summed E-state index contributed by atoms with van der Waals surface area (Å²) in [5, 5.41) is 12.8. The molecule has 0 aromatic carbocycles. The number of azide groups is 1. The van der Waals surface area contributed by atoms with Gasteiger partial charge in [0.2, 0.25) is 0 Å². The third-order valence-electron chi connectivity index (χ3n) is 2.09. The minimum Gasteiger partial charge on any atom is -0.467 e. The number of ether oxygens (including phenoxy) is 2. The molecule has 7 heteroatoms. The van der Waals surface area contributed by atoms with Gasteiger partial charge in [-0.1, -0.05) is 12.0 Å². The van der Waals surface area contributed by atoms with Crippen molar-refractivity contribution in [1.29, 1.82) is 0 Å². The van der Waals surface area contributed by atoms with Crippen molar-refractivity contribution in [3.8, 4) is 0 Å². The standard InChI is InChI=1S/C7H11N3O4/c1-3(9-10-8)5-4(11)6(14-5)7(12)13-2/h3-6,11H,1-2H3/t3-,4-,5-,6+/m0/s1. The molecule has 78 valence electrons. The van der Waals surface area contributed by atoms with E-state index in [4.69, 9.17) is 10.3 Å². The summed E-state index contributed by atoms with van der Waals surface area (Å²) in [6, 6.07) is -0.504. The van der Waals surface area contributed by atoms with Gasteiger partial charge in [-0.3, -0.25) is 0 Å². The van der Waals surface area contributed by atoms with Crippen molar-refractivity contribution < 1.29 is 19.4 Å². The Morgan fingerprint density at radius 2 is 2.43 bits per heavy atom. The summed E-state index contributed by atoms with van der Waals surface area (Å²) in [6.45, 7) is 1.60. The quantitative estimate of drug-likeness (QED) is 0.300. The van der Waals surface area contributed by atoms with E-state index in [2.05, 4.69) is 14.8 Å². The zero-order chi connectivity index (χ0) is 10.7. The zero-order valence-electron chi connectivity index (χ0n) is 7.82. The molecule has 0 aliphatic carbocycles. The summed E-state index contributed by atoms with van der Waals surface area (Å²) in [7, 11) is 1.21. The first-order chi connectivity index (χ1) is 6.61. The van der Waals surface area contributed by atoms with Crippen LogP contribution in [0.1, 0.15) is 6.92 Å². The summed E-state index contributed by atoms with van der Waals surface area (Å²) in [5.41, 5.74) is 8.14. The van der Waals surface area contributed by atoms with E-state index in [9.17, 15) is 9.90 Å². The second kappa shape index (κ2) is 4.28. The molecule has 1 rings (SSSR count). The summed E-state index contributed by atoms with van der Waals surface area (Å²) < 4.78 is 9.41.